The topological polar surface area (TPSA) is 69.7 Å². The lowest BCUT2D eigenvalue weighted by Crippen LogP contribution is -2.41. The summed E-state index contributed by atoms with van der Waals surface area (Å²) in [6, 6.07) is 11.5. The van der Waals surface area contributed by atoms with Crippen molar-refractivity contribution in [2.75, 3.05) is 0 Å². The Kier molecular flexibility index (Phi) is 6.37. The van der Waals surface area contributed by atoms with Gasteiger partial charge in [0.15, 0.2) is 23.5 Å². The highest BCUT2D eigenvalue weighted by Gasteiger charge is 2.38. The summed E-state index contributed by atoms with van der Waals surface area (Å²) in [7, 11) is 0. The van der Waals surface area contributed by atoms with Crippen LogP contribution in [-0.2, 0) is 14.4 Å². The lowest BCUT2D eigenvalue weighted by atomic mass is 9.82. The molecule has 28 heavy (non-hydrogen) atoms. The van der Waals surface area contributed by atoms with Crippen molar-refractivity contribution >= 4 is 40.6 Å². The summed E-state index contributed by atoms with van der Waals surface area (Å²) in [4.78, 5) is 36.4. The molecule has 2 aromatic rings. The molecule has 0 saturated heterocycles. The first kappa shape index (κ1) is 20.4. The number of benzene rings is 2. The predicted molar refractivity (Wildman–Crippen MR) is 105 cm³/mol. The fourth-order valence-corrected chi connectivity index (χ4v) is 3.44. The fourth-order valence-electron chi connectivity index (χ4n) is 2.99. The predicted octanol–water partition coefficient (Wildman–Crippen LogP) is 5.06. The van der Waals surface area contributed by atoms with E-state index in [1.54, 1.807) is 42.5 Å². The van der Waals surface area contributed by atoms with Gasteiger partial charge in [0.25, 0.3) is 0 Å². The van der Waals surface area contributed by atoms with Crippen molar-refractivity contribution in [1.82, 2.24) is 0 Å². The maximum absolute atomic E-state index is 12.5. The molecule has 1 fully saturated rings. The Morgan fingerprint density at radius 3 is 2.21 bits per heavy atom. The summed E-state index contributed by atoms with van der Waals surface area (Å²) >= 11 is 11.9. The zero-order valence-electron chi connectivity index (χ0n) is 15.1. The van der Waals surface area contributed by atoms with Crippen LogP contribution in [0.3, 0.4) is 0 Å². The van der Waals surface area contributed by atoms with Crippen LogP contribution in [0.15, 0.2) is 42.5 Å². The number of Topliss-reactive ketones (excluding diaryl/α,β-unsaturated/α-hetero) is 3. The molecule has 1 aliphatic rings. The molecule has 1 atom stereocenters. The van der Waals surface area contributed by atoms with Crippen molar-refractivity contribution in [3.63, 3.8) is 0 Å². The van der Waals surface area contributed by atoms with Crippen molar-refractivity contribution in [2.24, 2.45) is 5.92 Å². The van der Waals surface area contributed by atoms with Crippen molar-refractivity contribution < 1.29 is 23.9 Å². The van der Waals surface area contributed by atoms with Gasteiger partial charge in [-0.25, -0.2) is 0 Å². The Labute approximate surface area is 172 Å². The molecule has 5 nitrogen and oxygen atoms in total. The summed E-state index contributed by atoms with van der Waals surface area (Å²) in [6.07, 6.45) is 0.117. The van der Waals surface area contributed by atoms with Crippen LogP contribution in [-0.4, -0.2) is 23.5 Å². The normalized spacial score (nSPS) is 16.0. The second kappa shape index (κ2) is 8.76. The summed E-state index contributed by atoms with van der Waals surface area (Å²) in [6.45, 7) is 1.54. The molecule has 7 heteroatoms. The SMILES string of the molecule is CC(Oc1ccc(Oc2ccc(Cl)cc2Cl)cc1)C(=O)C1C(=O)CCCC1=O. The lowest BCUT2D eigenvalue weighted by molar-refractivity contribution is -0.144. The highest BCUT2D eigenvalue weighted by atomic mass is 35.5. The molecule has 1 aliphatic carbocycles. The van der Waals surface area contributed by atoms with E-state index in [0.29, 0.717) is 33.7 Å². The largest absolute Gasteiger partial charge is 0.483 e. The number of halogens is 2. The maximum Gasteiger partial charge on any atom is 0.190 e. The second-order valence-electron chi connectivity index (χ2n) is 6.53. The van der Waals surface area contributed by atoms with Gasteiger partial charge in [0.1, 0.15) is 23.2 Å². The summed E-state index contributed by atoms with van der Waals surface area (Å²) in [5.74, 6) is -0.932. The van der Waals surface area contributed by atoms with Crippen molar-refractivity contribution in [3.8, 4) is 17.2 Å². The van der Waals surface area contributed by atoms with E-state index in [-0.39, 0.29) is 24.4 Å². The molecular formula is C21H18Cl2O5. The number of carbonyl (C=O) groups is 3. The molecule has 146 valence electrons. The van der Waals surface area contributed by atoms with Crippen molar-refractivity contribution in [3.05, 3.63) is 52.5 Å². The fraction of sp³-hybridized carbons (Fsp3) is 0.286. The Morgan fingerprint density at radius 1 is 1.00 bits per heavy atom. The third kappa shape index (κ3) is 4.72. The standard InChI is InChI=1S/C21H18Cl2O5/c1-12(21(26)20-17(24)3-2-4-18(20)25)27-14-6-8-15(9-7-14)28-19-10-5-13(22)11-16(19)23/h5-12,20H,2-4H2,1H3. The van der Waals surface area contributed by atoms with Gasteiger partial charge in [-0.05, 0) is 55.8 Å². The molecule has 0 amide bonds. The van der Waals surface area contributed by atoms with Gasteiger partial charge in [-0.1, -0.05) is 23.2 Å². The monoisotopic (exact) mass is 420 g/mol. The molecule has 3 rings (SSSR count). The van der Waals surface area contributed by atoms with Crippen LogP contribution in [0.2, 0.25) is 10.0 Å². The maximum atomic E-state index is 12.5. The minimum absolute atomic E-state index is 0.258. The van der Waals surface area contributed by atoms with Gasteiger partial charge in [-0.15, -0.1) is 0 Å². The number of ether oxygens (including phenoxy) is 2. The van der Waals surface area contributed by atoms with Crippen LogP contribution >= 0.6 is 23.2 Å². The van der Waals surface area contributed by atoms with E-state index in [0.717, 1.165) is 0 Å². The van der Waals surface area contributed by atoms with Gasteiger partial charge in [0.05, 0.1) is 5.02 Å². The van der Waals surface area contributed by atoms with Crippen molar-refractivity contribution in [2.45, 2.75) is 32.3 Å². The average molecular weight is 421 g/mol. The van der Waals surface area contributed by atoms with E-state index in [9.17, 15) is 14.4 Å². The van der Waals surface area contributed by atoms with Crippen LogP contribution in [0.4, 0.5) is 0 Å². The van der Waals surface area contributed by atoms with E-state index in [4.69, 9.17) is 32.7 Å². The zero-order chi connectivity index (χ0) is 20.3. The number of carbonyl (C=O) groups excluding carboxylic acids is 3. The van der Waals surface area contributed by atoms with Gasteiger partial charge in [0.2, 0.25) is 0 Å². The van der Waals surface area contributed by atoms with E-state index in [2.05, 4.69) is 0 Å². The number of ketones is 3. The van der Waals surface area contributed by atoms with Crippen LogP contribution in [0.5, 0.6) is 17.2 Å². The first-order chi connectivity index (χ1) is 13.3. The van der Waals surface area contributed by atoms with Crippen LogP contribution in [0, 0.1) is 5.92 Å². The third-order valence-electron chi connectivity index (χ3n) is 4.43. The average Bonchev–Trinajstić information content (AvgIpc) is 2.65. The van der Waals surface area contributed by atoms with Gasteiger partial charge in [-0.3, -0.25) is 14.4 Å². The van der Waals surface area contributed by atoms with E-state index >= 15 is 0 Å². The van der Waals surface area contributed by atoms with Gasteiger partial charge in [-0.2, -0.15) is 0 Å². The highest BCUT2D eigenvalue weighted by molar-refractivity contribution is 6.35. The molecule has 0 aromatic heterocycles. The Hall–Kier alpha value is -2.37. The second-order valence-corrected chi connectivity index (χ2v) is 7.37. The molecule has 0 spiro atoms. The van der Waals surface area contributed by atoms with Crippen molar-refractivity contribution in [1.29, 1.82) is 0 Å². The molecule has 0 N–H and O–H groups in total. The molecule has 0 aliphatic heterocycles. The van der Waals surface area contributed by atoms with Gasteiger partial charge >= 0.3 is 0 Å². The molecular weight excluding hydrogens is 403 g/mol. The summed E-state index contributed by atoms with van der Waals surface area (Å²) < 4.78 is 11.3. The first-order valence-electron chi connectivity index (χ1n) is 8.84. The highest BCUT2D eigenvalue weighted by Crippen LogP contribution is 2.32. The molecule has 1 saturated carbocycles. The first-order valence-corrected chi connectivity index (χ1v) is 9.59. The number of hydrogen-bond donors (Lipinski definition) is 0. The number of rotatable bonds is 6. The molecule has 2 aromatic carbocycles. The molecule has 0 radical (unpaired) electrons. The number of hydrogen-bond acceptors (Lipinski definition) is 5. The van der Waals surface area contributed by atoms with Gasteiger partial charge < -0.3 is 9.47 Å². The summed E-state index contributed by atoms with van der Waals surface area (Å²) in [5.41, 5.74) is 0. The van der Waals surface area contributed by atoms with Crippen LogP contribution in [0.25, 0.3) is 0 Å². The van der Waals surface area contributed by atoms with E-state index < -0.39 is 17.8 Å². The lowest BCUT2D eigenvalue weighted by Gasteiger charge is -2.22. The Bertz CT molecular complexity index is 892. The molecule has 0 bridgehead atoms. The van der Waals surface area contributed by atoms with Gasteiger partial charge in [0, 0.05) is 17.9 Å². The Balaban J connectivity index is 1.64. The smallest absolute Gasteiger partial charge is 0.190 e. The third-order valence-corrected chi connectivity index (χ3v) is 4.96. The van der Waals surface area contributed by atoms with E-state index in [1.165, 1.54) is 6.92 Å². The van der Waals surface area contributed by atoms with Crippen LogP contribution in [0.1, 0.15) is 26.2 Å². The molecule has 0 heterocycles. The Morgan fingerprint density at radius 2 is 1.61 bits per heavy atom. The quantitative estimate of drug-likeness (QED) is 0.610. The van der Waals surface area contributed by atoms with Crippen LogP contribution < -0.4 is 9.47 Å². The zero-order valence-corrected chi connectivity index (χ0v) is 16.6. The minimum Gasteiger partial charge on any atom is -0.483 e. The summed E-state index contributed by atoms with van der Waals surface area (Å²) in [5, 5.41) is 0.892. The molecule has 1 unspecified atom stereocenters. The van der Waals surface area contributed by atoms with E-state index in [1.807, 2.05) is 0 Å². The minimum atomic E-state index is -1.20.